The highest BCUT2D eigenvalue weighted by Crippen LogP contribution is 2.29. The van der Waals surface area contributed by atoms with Crippen LogP contribution in [-0.4, -0.2) is 42.9 Å². The average Bonchev–Trinajstić information content (AvgIpc) is 3.36. The lowest BCUT2D eigenvalue weighted by molar-refractivity contribution is -0.117. The smallest absolute Gasteiger partial charge is 0.253 e. The van der Waals surface area contributed by atoms with Gasteiger partial charge in [-0.15, -0.1) is 0 Å². The number of anilines is 1. The molecule has 1 saturated heterocycles. The molecule has 1 aliphatic heterocycles. The first-order chi connectivity index (χ1) is 13.5. The van der Waals surface area contributed by atoms with Crippen LogP contribution in [-0.2, 0) is 4.79 Å². The van der Waals surface area contributed by atoms with Crippen molar-refractivity contribution in [3.8, 4) is 0 Å². The number of carbonyl (C=O) groups excluding carboxylic acids is 2. The van der Waals surface area contributed by atoms with E-state index in [1.165, 1.54) is 5.56 Å². The minimum atomic E-state index is -0.182. The van der Waals surface area contributed by atoms with Gasteiger partial charge in [0.1, 0.15) is 0 Å². The van der Waals surface area contributed by atoms with Gasteiger partial charge in [0.2, 0.25) is 5.91 Å². The molecule has 2 heterocycles. The van der Waals surface area contributed by atoms with Crippen LogP contribution in [0.4, 0.5) is 5.69 Å². The highest BCUT2D eigenvalue weighted by molar-refractivity contribution is 7.08. The van der Waals surface area contributed by atoms with Crippen LogP contribution in [0.3, 0.4) is 0 Å². The van der Waals surface area contributed by atoms with Gasteiger partial charge in [-0.05, 0) is 60.1 Å². The number of rotatable bonds is 8. The Bertz CT molecular complexity index is 821. The fourth-order valence-electron chi connectivity index (χ4n) is 3.69. The summed E-state index contributed by atoms with van der Waals surface area (Å²) in [6.45, 7) is 7.19. The van der Waals surface area contributed by atoms with Crippen molar-refractivity contribution in [3.05, 3.63) is 51.2 Å². The minimum absolute atomic E-state index is 0.0376. The fraction of sp³-hybridized carbons (Fsp3) is 0.429. The van der Waals surface area contributed by atoms with Crippen molar-refractivity contribution in [3.63, 3.8) is 0 Å². The van der Waals surface area contributed by atoms with E-state index < -0.39 is 0 Å². The Hall–Kier alpha value is -1.89. The van der Waals surface area contributed by atoms with Crippen LogP contribution in [0.1, 0.15) is 48.7 Å². The van der Waals surface area contributed by atoms with Crippen LogP contribution >= 0.6 is 22.9 Å². The molecule has 1 aliphatic rings. The number of nitrogens with one attached hydrogen (secondary N) is 1. The summed E-state index contributed by atoms with van der Waals surface area (Å²) in [5.74, 6) is -0.144. The molecule has 0 aliphatic carbocycles. The first kappa shape index (κ1) is 20.8. The van der Waals surface area contributed by atoms with Crippen LogP contribution in [0.5, 0.6) is 0 Å². The van der Waals surface area contributed by atoms with E-state index in [4.69, 9.17) is 11.6 Å². The molecule has 28 heavy (non-hydrogen) atoms. The number of hydrogen-bond donors (Lipinski definition) is 1. The van der Waals surface area contributed by atoms with Crippen molar-refractivity contribution < 1.29 is 9.59 Å². The maximum atomic E-state index is 13.0. The summed E-state index contributed by atoms with van der Waals surface area (Å²) >= 11 is 7.81. The number of nitrogens with zero attached hydrogens (tertiary/aromatic N) is 2. The molecule has 2 amide bonds. The molecule has 0 spiro atoms. The van der Waals surface area contributed by atoms with Gasteiger partial charge in [0.25, 0.3) is 5.91 Å². The molecule has 1 aromatic heterocycles. The van der Waals surface area contributed by atoms with Crippen LogP contribution < -0.4 is 10.2 Å². The fourth-order valence-corrected chi connectivity index (χ4v) is 4.57. The number of likely N-dealkylation sites (N-methyl/N-ethyl adjacent to an activating group) is 1. The third kappa shape index (κ3) is 4.57. The van der Waals surface area contributed by atoms with Gasteiger partial charge in [0.05, 0.1) is 17.3 Å². The Labute approximate surface area is 175 Å². The molecule has 1 fully saturated rings. The Balaban J connectivity index is 1.79. The van der Waals surface area contributed by atoms with Gasteiger partial charge in [-0.3, -0.25) is 14.5 Å². The number of amides is 2. The van der Waals surface area contributed by atoms with Crippen molar-refractivity contribution in [2.45, 2.75) is 32.7 Å². The van der Waals surface area contributed by atoms with Crippen LogP contribution in [0.25, 0.3) is 0 Å². The van der Waals surface area contributed by atoms with Crippen molar-refractivity contribution in [1.29, 1.82) is 0 Å². The lowest BCUT2D eigenvalue weighted by atomic mass is 10.1. The van der Waals surface area contributed by atoms with Gasteiger partial charge in [0.15, 0.2) is 0 Å². The zero-order valence-corrected chi connectivity index (χ0v) is 17.9. The SMILES string of the molecule is CCN(CC)C(CNC(=O)c1ccc(Cl)cc1N1CCCC1=O)c1ccsc1. The largest absolute Gasteiger partial charge is 0.350 e. The van der Waals surface area contributed by atoms with Crippen LogP contribution in [0.2, 0.25) is 5.02 Å². The summed E-state index contributed by atoms with van der Waals surface area (Å²) in [6.07, 6.45) is 1.31. The van der Waals surface area contributed by atoms with E-state index in [2.05, 4.69) is 40.9 Å². The molecule has 1 unspecified atom stereocenters. The van der Waals surface area contributed by atoms with E-state index in [9.17, 15) is 9.59 Å². The first-order valence-electron chi connectivity index (χ1n) is 9.69. The second-order valence-corrected chi connectivity index (χ2v) is 8.03. The molecule has 1 atom stereocenters. The number of carbonyl (C=O) groups is 2. The van der Waals surface area contributed by atoms with Crippen molar-refractivity contribution in [2.75, 3.05) is 31.1 Å². The number of hydrogen-bond acceptors (Lipinski definition) is 4. The lowest BCUT2D eigenvalue weighted by Crippen LogP contribution is -2.38. The van der Waals surface area contributed by atoms with Crippen molar-refractivity contribution in [2.24, 2.45) is 0 Å². The predicted molar refractivity (Wildman–Crippen MR) is 115 cm³/mol. The Kier molecular flexibility index (Phi) is 7.10. The molecule has 7 heteroatoms. The minimum Gasteiger partial charge on any atom is -0.350 e. The summed E-state index contributed by atoms with van der Waals surface area (Å²) in [5, 5.41) is 7.79. The number of thiophene rings is 1. The normalized spacial score (nSPS) is 15.3. The van der Waals surface area contributed by atoms with Crippen LogP contribution in [0, 0.1) is 0 Å². The van der Waals surface area contributed by atoms with Gasteiger partial charge >= 0.3 is 0 Å². The lowest BCUT2D eigenvalue weighted by Gasteiger charge is -2.29. The van der Waals surface area contributed by atoms with E-state index in [-0.39, 0.29) is 17.9 Å². The number of halogens is 1. The molecule has 150 valence electrons. The van der Waals surface area contributed by atoms with E-state index in [0.29, 0.717) is 35.8 Å². The third-order valence-corrected chi connectivity index (χ3v) is 6.14. The van der Waals surface area contributed by atoms with Gasteiger partial charge in [-0.2, -0.15) is 11.3 Å². The van der Waals surface area contributed by atoms with Crippen molar-refractivity contribution in [1.82, 2.24) is 10.2 Å². The van der Waals surface area contributed by atoms with Gasteiger partial charge < -0.3 is 10.2 Å². The quantitative estimate of drug-likeness (QED) is 0.692. The Morgan fingerprint density at radius 2 is 2.11 bits per heavy atom. The van der Waals surface area contributed by atoms with E-state index in [0.717, 1.165) is 19.5 Å². The molecule has 0 radical (unpaired) electrons. The second kappa shape index (κ2) is 9.54. The summed E-state index contributed by atoms with van der Waals surface area (Å²) in [5.41, 5.74) is 2.30. The zero-order valence-electron chi connectivity index (χ0n) is 16.3. The van der Waals surface area contributed by atoms with E-state index in [1.54, 1.807) is 34.4 Å². The molecule has 0 saturated carbocycles. The van der Waals surface area contributed by atoms with Gasteiger partial charge in [-0.1, -0.05) is 25.4 Å². The predicted octanol–water partition coefficient (Wildman–Crippen LogP) is 4.34. The Morgan fingerprint density at radius 3 is 2.71 bits per heavy atom. The van der Waals surface area contributed by atoms with Gasteiger partial charge in [0, 0.05) is 24.5 Å². The first-order valence-corrected chi connectivity index (χ1v) is 11.0. The third-order valence-electron chi connectivity index (χ3n) is 5.21. The van der Waals surface area contributed by atoms with Crippen LogP contribution in [0.15, 0.2) is 35.0 Å². The molecule has 1 aromatic carbocycles. The highest BCUT2D eigenvalue weighted by Gasteiger charge is 2.27. The molecule has 1 N–H and O–H groups in total. The standard InChI is InChI=1S/C21H26ClN3O2S/c1-3-24(4-2)19(15-9-11-28-14-15)13-23-21(27)17-8-7-16(22)12-18(17)25-10-5-6-20(25)26/h7-9,11-12,14,19H,3-6,10,13H2,1-2H3,(H,23,27). The van der Waals surface area contributed by atoms with E-state index in [1.807, 2.05) is 0 Å². The molecule has 3 rings (SSSR count). The second-order valence-electron chi connectivity index (χ2n) is 6.81. The molecule has 0 bridgehead atoms. The summed E-state index contributed by atoms with van der Waals surface area (Å²) in [7, 11) is 0. The maximum absolute atomic E-state index is 13.0. The summed E-state index contributed by atoms with van der Waals surface area (Å²) in [4.78, 5) is 29.2. The Morgan fingerprint density at radius 1 is 1.32 bits per heavy atom. The highest BCUT2D eigenvalue weighted by atomic mass is 35.5. The van der Waals surface area contributed by atoms with Crippen molar-refractivity contribution >= 4 is 40.4 Å². The summed E-state index contributed by atoms with van der Waals surface area (Å²) < 4.78 is 0. The topological polar surface area (TPSA) is 52.7 Å². The summed E-state index contributed by atoms with van der Waals surface area (Å²) in [6, 6.07) is 7.34. The number of benzene rings is 1. The molecule has 5 nitrogen and oxygen atoms in total. The van der Waals surface area contributed by atoms with E-state index >= 15 is 0 Å². The monoisotopic (exact) mass is 419 g/mol. The average molecular weight is 420 g/mol. The molecular weight excluding hydrogens is 394 g/mol. The molecule has 2 aromatic rings. The maximum Gasteiger partial charge on any atom is 0.253 e. The zero-order chi connectivity index (χ0) is 20.1. The molecular formula is C21H26ClN3O2S. The van der Waals surface area contributed by atoms with Gasteiger partial charge in [-0.25, -0.2) is 0 Å².